The van der Waals surface area contributed by atoms with Crippen LogP contribution in [-0.4, -0.2) is 5.91 Å². The average molecular weight is 559 g/mol. The third kappa shape index (κ3) is 6.17. The van der Waals surface area contributed by atoms with Crippen molar-refractivity contribution in [1.82, 2.24) is 0 Å². The second-order valence-electron chi connectivity index (χ2n) is 6.09. The summed E-state index contributed by atoms with van der Waals surface area (Å²) in [4.78, 5) is 12.4. The molecule has 0 aromatic heterocycles. The third-order valence-electron chi connectivity index (χ3n) is 3.97. The molecular formula is C23H16BrIN2O2. The molecule has 4 nitrogen and oxygen atoms in total. The molecule has 0 saturated heterocycles. The molecule has 0 aliphatic heterocycles. The summed E-state index contributed by atoms with van der Waals surface area (Å²) in [6.45, 7) is 0.455. The largest absolute Gasteiger partial charge is 0.488 e. The highest BCUT2D eigenvalue weighted by atomic mass is 127. The quantitative estimate of drug-likeness (QED) is 0.223. The van der Waals surface area contributed by atoms with Crippen molar-refractivity contribution in [2.45, 2.75) is 6.61 Å². The first kappa shape index (κ1) is 21.1. The summed E-state index contributed by atoms with van der Waals surface area (Å²) >= 11 is 5.68. The Morgan fingerprint density at radius 3 is 2.48 bits per heavy atom. The molecule has 6 heteroatoms. The smallest absolute Gasteiger partial charge is 0.266 e. The highest BCUT2D eigenvalue weighted by molar-refractivity contribution is 14.1. The second-order valence-corrected chi connectivity index (χ2v) is 8.19. The fourth-order valence-corrected chi connectivity index (χ4v) is 3.38. The molecular weight excluding hydrogens is 543 g/mol. The van der Waals surface area contributed by atoms with Crippen molar-refractivity contribution in [3.8, 4) is 11.8 Å². The SMILES string of the molecule is N#C/C(=C/c1ccc(OCc2ccccc2)c(Br)c1)C(=O)Nc1ccc(I)cc1. The maximum absolute atomic E-state index is 12.4. The minimum Gasteiger partial charge on any atom is -0.488 e. The molecule has 0 aliphatic carbocycles. The van der Waals surface area contributed by atoms with Gasteiger partial charge in [0.15, 0.2) is 0 Å². The zero-order valence-corrected chi connectivity index (χ0v) is 19.0. The minimum atomic E-state index is -0.450. The van der Waals surface area contributed by atoms with Crippen molar-refractivity contribution in [3.63, 3.8) is 0 Å². The van der Waals surface area contributed by atoms with Gasteiger partial charge in [0.05, 0.1) is 4.47 Å². The van der Waals surface area contributed by atoms with Gasteiger partial charge in [-0.15, -0.1) is 0 Å². The molecule has 1 N–H and O–H groups in total. The van der Waals surface area contributed by atoms with Crippen molar-refractivity contribution in [1.29, 1.82) is 5.26 Å². The molecule has 0 radical (unpaired) electrons. The van der Waals surface area contributed by atoms with Crippen molar-refractivity contribution in [2.24, 2.45) is 0 Å². The lowest BCUT2D eigenvalue weighted by molar-refractivity contribution is -0.112. The van der Waals surface area contributed by atoms with Crippen molar-refractivity contribution < 1.29 is 9.53 Å². The Balaban J connectivity index is 1.70. The maximum atomic E-state index is 12.4. The number of rotatable bonds is 6. The van der Waals surface area contributed by atoms with E-state index in [-0.39, 0.29) is 5.57 Å². The van der Waals surface area contributed by atoms with Crippen LogP contribution in [-0.2, 0) is 11.4 Å². The summed E-state index contributed by atoms with van der Waals surface area (Å²) in [5.41, 5.74) is 2.46. The lowest BCUT2D eigenvalue weighted by atomic mass is 10.1. The van der Waals surface area contributed by atoms with Gasteiger partial charge < -0.3 is 10.1 Å². The minimum absolute atomic E-state index is 0.0217. The van der Waals surface area contributed by atoms with Crippen LogP contribution in [0.1, 0.15) is 11.1 Å². The molecule has 0 atom stereocenters. The highest BCUT2D eigenvalue weighted by Gasteiger charge is 2.10. The molecule has 0 heterocycles. The molecule has 0 spiro atoms. The number of ether oxygens (including phenoxy) is 1. The predicted octanol–water partition coefficient (Wildman–Crippen LogP) is 6.18. The van der Waals surface area contributed by atoms with Crippen molar-refractivity contribution >= 4 is 56.2 Å². The Morgan fingerprint density at radius 1 is 1.10 bits per heavy atom. The first-order chi connectivity index (χ1) is 14.0. The first-order valence-electron chi connectivity index (χ1n) is 8.70. The van der Waals surface area contributed by atoms with Gasteiger partial charge in [-0.05, 0) is 92.1 Å². The Kier molecular flexibility index (Phi) is 7.44. The van der Waals surface area contributed by atoms with E-state index >= 15 is 0 Å². The molecule has 3 rings (SSSR count). The van der Waals surface area contributed by atoms with Crippen LogP contribution in [0, 0.1) is 14.9 Å². The Hall–Kier alpha value is -2.63. The van der Waals surface area contributed by atoms with Gasteiger partial charge in [0, 0.05) is 9.26 Å². The molecule has 3 aromatic carbocycles. The fourth-order valence-electron chi connectivity index (χ4n) is 2.51. The Bertz CT molecular complexity index is 1070. The topological polar surface area (TPSA) is 62.1 Å². The summed E-state index contributed by atoms with van der Waals surface area (Å²) in [6.07, 6.45) is 1.55. The number of halogens is 2. The van der Waals surface area contributed by atoms with Gasteiger partial charge in [0.25, 0.3) is 5.91 Å². The summed E-state index contributed by atoms with van der Waals surface area (Å²) in [7, 11) is 0. The zero-order chi connectivity index (χ0) is 20.6. The van der Waals surface area contributed by atoms with Gasteiger partial charge in [0.2, 0.25) is 0 Å². The average Bonchev–Trinajstić information content (AvgIpc) is 2.73. The van der Waals surface area contributed by atoms with E-state index in [4.69, 9.17) is 4.74 Å². The van der Waals surface area contributed by atoms with Gasteiger partial charge in [0.1, 0.15) is 24.0 Å². The number of anilines is 1. The number of carbonyl (C=O) groups excluding carboxylic acids is 1. The van der Waals surface area contributed by atoms with Crippen LogP contribution in [0.25, 0.3) is 6.08 Å². The van der Waals surface area contributed by atoms with E-state index in [9.17, 15) is 10.1 Å². The monoisotopic (exact) mass is 558 g/mol. The van der Waals surface area contributed by atoms with Gasteiger partial charge in [-0.2, -0.15) is 5.26 Å². The van der Waals surface area contributed by atoms with Crippen LogP contribution in [0.2, 0.25) is 0 Å². The van der Waals surface area contributed by atoms with E-state index in [2.05, 4.69) is 43.8 Å². The van der Waals surface area contributed by atoms with Gasteiger partial charge >= 0.3 is 0 Å². The number of amides is 1. The molecule has 0 saturated carbocycles. The van der Waals surface area contributed by atoms with Crippen LogP contribution in [0.15, 0.2) is 82.8 Å². The van der Waals surface area contributed by atoms with Gasteiger partial charge in [-0.1, -0.05) is 36.4 Å². The Labute approximate surface area is 191 Å². The molecule has 3 aromatic rings. The lowest BCUT2D eigenvalue weighted by Gasteiger charge is -2.09. The highest BCUT2D eigenvalue weighted by Crippen LogP contribution is 2.28. The zero-order valence-electron chi connectivity index (χ0n) is 15.2. The van der Waals surface area contributed by atoms with E-state index in [1.54, 1.807) is 24.3 Å². The normalized spacial score (nSPS) is 10.9. The van der Waals surface area contributed by atoms with E-state index in [0.717, 1.165) is 19.2 Å². The number of benzene rings is 3. The predicted molar refractivity (Wildman–Crippen MR) is 126 cm³/mol. The summed E-state index contributed by atoms with van der Waals surface area (Å²) in [5.74, 6) is 0.238. The summed E-state index contributed by atoms with van der Waals surface area (Å²) in [6, 6.07) is 24.6. The van der Waals surface area contributed by atoms with Crippen LogP contribution >= 0.6 is 38.5 Å². The lowest BCUT2D eigenvalue weighted by Crippen LogP contribution is -2.13. The number of hydrogen-bond donors (Lipinski definition) is 1. The number of nitrogens with one attached hydrogen (secondary N) is 1. The summed E-state index contributed by atoms with van der Waals surface area (Å²) in [5, 5.41) is 12.1. The molecule has 0 fully saturated rings. The second kappa shape index (κ2) is 10.2. The number of nitrogens with zero attached hydrogens (tertiary/aromatic N) is 1. The molecule has 0 aliphatic rings. The van der Waals surface area contributed by atoms with E-state index in [1.807, 2.05) is 60.7 Å². The first-order valence-corrected chi connectivity index (χ1v) is 10.6. The van der Waals surface area contributed by atoms with Crippen LogP contribution in [0.3, 0.4) is 0 Å². The van der Waals surface area contributed by atoms with E-state index in [1.165, 1.54) is 0 Å². The van der Waals surface area contributed by atoms with Gasteiger partial charge in [-0.3, -0.25) is 4.79 Å². The van der Waals surface area contributed by atoms with Crippen LogP contribution in [0.5, 0.6) is 5.75 Å². The number of hydrogen-bond acceptors (Lipinski definition) is 3. The van der Waals surface area contributed by atoms with E-state index in [0.29, 0.717) is 18.0 Å². The van der Waals surface area contributed by atoms with Crippen molar-refractivity contribution in [3.05, 3.63) is 97.5 Å². The molecule has 29 heavy (non-hydrogen) atoms. The standard InChI is InChI=1S/C23H16BrIN2O2/c24-21-13-17(6-11-22(21)29-15-16-4-2-1-3-5-16)12-18(14-26)23(28)27-20-9-7-19(25)8-10-20/h1-13H,15H2,(H,27,28)/b18-12-. The fraction of sp³-hybridized carbons (Fsp3) is 0.0435. The number of nitriles is 1. The maximum Gasteiger partial charge on any atom is 0.266 e. The van der Waals surface area contributed by atoms with Crippen LogP contribution in [0.4, 0.5) is 5.69 Å². The van der Waals surface area contributed by atoms with Gasteiger partial charge in [-0.25, -0.2) is 0 Å². The molecule has 0 bridgehead atoms. The Morgan fingerprint density at radius 2 is 1.83 bits per heavy atom. The van der Waals surface area contributed by atoms with Crippen molar-refractivity contribution in [2.75, 3.05) is 5.32 Å². The molecule has 1 amide bonds. The third-order valence-corrected chi connectivity index (χ3v) is 5.31. The number of carbonyl (C=O) groups is 1. The van der Waals surface area contributed by atoms with Crippen LogP contribution < -0.4 is 10.1 Å². The molecule has 0 unspecified atom stereocenters. The van der Waals surface area contributed by atoms with E-state index < -0.39 is 5.91 Å². The molecule has 144 valence electrons. The summed E-state index contributed by atoms with van der Waals surface area (Å²) < 4.78 is 7.65.